The van der Waals surface area contributed by atoms with Gasteiger partial charge in [0.05, 0.1) is 18.5 Å². The fourth-order valence-electron chi connectivity index (χ4n) is 1.38. The van der Waals surface area contributed by atoms with Gasteiger partial charge in [0.25, 0.3) is 0 Å². The lowest BCUT2D eigenvalue weighted by molar-refractivity contribution is 0.205. The van der Waals surface area contributed by atoms with Crippen LogP contribution in [0.1, 0.15) is 26.3 Å². The minimum atomic E-state index is 0.752. The Balaban J connectivity index is 0.00000106. The molecule has 0 aliphatic heterocycles. The number of pyridine rings is 1. The third kappa shape index (κ3) is 5.12. The second-order valence-electron chi connectivity index (χ2n) is 3.29. The molecule has 0 N–H and O–H groups in total. The molecule has 0 spiro atoms. The highest BCUT2D eigenvalue weighted by molar-refractivity contribution is 5.45. The van der Waals surface area contributed by atoms with E-state index in [4.69, 9.17) is 4.74 Å². The molecule has 0 fully saturated rings. The van der Waals surface area contributed by atoms with Crippen LogP contribution in [0.25, 0.3) is 0 Å². The van der Waals surface area contributed by atoms with Crippen LogP contribution in [0.15, 0.2) is 18.5 Å². The van der Waals surface area contributed by atoms with E-state index in [9.17, 15) is 0 Å². The molecule has 16 heavy (non-hydrogen) atoms. The van der Waals surface area contributed by atoms with Gasteiger partial charge in [-0.2, -0.15) is 0 Å². The first-order chi connectivity index (χ1) is 7.77. The minimum Gasteiger partial charge on any atom is -0.383 e. The van der Waals surface area contributed by atoms with Gasteiger partial charge in [-0.25, -0.2) is 0 Å². The van der Waals surface area contributed by atoms with E-state index in [1.54, 1.807) is 7.11 Å². The summed E-state index contributed by atoms with van der Waals surface area (Å²) in [5.41, 5.74) is 2.36. The number of rotatable bonds is 5. The fourth-order valence-corrected chi connectivity index (χ4v) is 1.38. The van der Waals surface area contributed by atoms with Gasteiger partial charge >= 0.3 is 0 Å². The van der Waals surface area contributed by atoms with Crippen molar-refractivity contribution < 1.29 is 4.74 Å². The van der Waals surface area contributed by atoms with Crippen molar-refractivity contribution in [2.45, 2.75) is 27.7 Å². The SMILES string of the molecule is CC.CCN(CCOC)c1cncc(C)c1. The van der Waals surface area contributed by atoms with Crippen molar-refractivity contribution in [3.8, 4) is 0 Å². The fraction of sp³-hybridized carbons (Fsp3) is 0.615. The van der Waals surface area contributed by atoms with Crippen LogP contribution in [0.3, 0.4) is 0 Å². The van der Waals surface area contributed by atoms with E-state index in [1.807, 2.05) is 26.2 Å². The van der Waals surface area contributed by atoms with Gasteiger partial charge in [0, 0.05) is 26.4 Å². The molecule has 0 aliphatic rings. The molecule has 1 heterocycles. The van der Waals surface area contributed by atoms with Gasteiger partial charge in [-0.15, -0.1) is 0 Å². The lowest BCUT2D eigenvalue weighted by Gasteiger charge is -2.22. The van der Waals surface area contributed by atoms with Crippen molar-refractivity contribution in [1.29, 1.82) is 0 Å². The lowest BCUT2D eigenvalue weighted by atomic mass is 10.3. The van der Waals surface area contributed by atoms with Crippen LogP contribution in [0.4, 0.5) is 5.69 Å². The Kier molecular flexibility index (Phi) is 8.53. The molecule has 0 aromatic carbocycles. The molecule has 0 atom stereocenters. The zero-order chi connectivity index (χ0) is 12.4. The molecular weight excluding hydrogens is 200 g/mol. The van der Waals surface area contributed by atoms with Crippen LogP contribution < -0.4 is 4.90 Å². The van der Waals surface area contributed by atoms with E-state index in [2.05, 4.69) is 29.8 Å². The summed E-state index contributed by atoms with van der Waals surface area (Å²) in [4.78, 5) is 6.43. The molecule has 1 aromatic heterocycles. The highest BCUT2D eigenvalue weighted by atomic mass is 16.5. The molecule has 1 rings (SSSR count). The second kappa shape index (κ2) is 9.16. The first kappa shape index (κ1) is 14.9. The summed E-state index contributed by atoms with van der Waals surface area (Å²) in [5, 5.41) is 0. The summed E-state index contributed by atoms with van der Waals surface area (Å²) in [6.45, 7) is 10.8. The minimum absolute atomic E-state index is 0.752. The molecule has 0 radical (unpaired) electrons. The molecule has 0 saturated heterocycles. The maximum Gasteiger partial charge on any atom is 0.0637 e. The first-order valence-corrected chi connectivity index (χ1v) is 5.93. The number of likely N-dealkylation sites (N-methyl/N-ethyl adjacent to an activating group) is 1. The summed E-state index contributed by atoms with van der Waals surface area (Å²) >= 11 is 0. The topological polar surface area (TPSA) is 25.4 Å². The molecular formula is C13H24N2O. The van der Waals surface area contributed by atoms with Gasteiger partial charge in [0.1, 0.15) is 0 Å². The van der Waals surface area contributed by atoms with Crippen LogP contribution in [0, 0.1) is 6.92 Å². The van der Waals surface area contributed by atoms with E-state index in [-0.39, 0.29) is 0 Å². The van der Waals surface area contributed by atoms with Crippen molar-refractivity contribution in [1.82, 2.24) is 4.98 Å². The van der Waals surface area contributed by atoms with Gasteiger partial charge in [-0.05, 0) is 25.5 Å². The van der Waals surface area contributed by atoms with Crippen LogP contribution in [0.2, 0.25) is 0 Å². The van der Waals surface area contributed by atoms with Crippen LogP contribution in [0.5, 0.6) is 0 Å². The van der Waals surface area contributed by atoms with Crippen molar-refractivity contribution in [2.75, 3.05) is 31.7 Å². The summed E-state index contributed by atoms with van der Waals surface area (Å²) in [6, 6.07) is 2.14. The van der Waals surface area contributed by atoms with Gasteiger partial charge in [-0.3, -0.25) is 4.98 Å². The molecule has 0 aliphatic carbocycles. The quantitative estimate of drug-likeness (QED) is 0.769. The first-order valence-electron chi connectivity index (χ1n) is 5.93. The van der Waals surface area contributed by atoms with E-state index in [1.165, 1.54) is 11.3 Å². The van der Waals surface area contributed by atoms with Crippen LogP contribution >= 0.6 is 0 Å². The third-order valence-corrected chi connectivity index (χ3v) is 2.17. The van der Waals surface area contributed by atoms with Crippen molar-refractivity contribution in [3.05, 3.63) is 24.0 Å². The molecule has 3 nitrogen and oxygen atoms in total. The number of hydrogen-bond donors (Lipinski definition) is 0. The van der Waals surface area contributed by atoms with E-state index < -0.39 is 0 Å². The van der Waals surface area contributed by atoms with Gasteiger partial charge in [0.15, 0.2) is 0 Å². The van der Waals surface area contributed by atoms with E-state index >= 15 is 0 Å². The second-order valence-corrected chi connectivity index (χ2v) is 3.29. The predicted molar refractivity (Wildman–Crippen MR) is 70.1 cm³/mol. The Morgan fingerprint density at radius 2 is 2.00 bits per heavy atom. The van der Waals surface area contributed by atoms with E-state index in [0.717, 1.165) is 19.7 Å². The molecule has 0 unspecified atom stereocenters. The monoisotopic (exact) mass is 224 g/mol. The number of anilines is 1. The summed E-state index contributed by atoms with van der Waals surface area (Å²) in [6.07, 6.45) is 3.76. The van der Waals surface area contributed by atoms with Gasteiger partial charge in [0.2, 0.25) is 0 Å². The summed E-state index contributed by atoms with van der Waals surface area (Å²) < 4.78 is 5.06. The van der Waals surface area contributed by atoms with Crippen LogP contribution in [-0.4, -0.2) is 31.8 Å². The lowest BCUT2D eigenvalue weighted by Crippen LogP contribution is -2.26. The zero-order valence-corrected chi connectivity index (χ0v) is 11.2. The number of ether oxygens (including phenoxy) is 1. The normalized spacial score (nSPS) is 9.31. The largest absolute Gasteiger partial charge is 0.383 e. The zero-order valence-electron chi connectivity index (χ0n) is 11.2. The highest BCUT2D eigenvalue weighted by Gasteiger charge is 2.03. The number of nitrogens with zero attached hydrogens (tertiary/aromatic N) is 2. The Labute approximate surface area is 99.4 Å². The molecule has 3 heteroatoms. The molecule has 1 aromatic rings. The summed E-state index contributed by atoms with van der Waals surface area (Å²) in [5.74, 6) is 0. The Morgan fingerprint density at radius 3 is 2.50 bits per heavy atom. The molecule has 0 bridgehead atoms. The number of methoxy groups -OCH3 is 1. The standard InChI is InChI=1S/C11H18N2O.C2H6/c1-4-13(5-6-14-3)11-7-10(2)8-12-9-11;1-2/h7-9H,4-6H2,1-3H3;1-2H3. The Bertz CT molecular complexity index is 276. The number of aryl methyl sites for hydroxylation is 1. The predicted octanol–water partition coefficient (Wildman–Crippen LogP) is 2.89. The number of aromatic nitrogens is 1. The van der Waals surface area contributed by atoms with Gasteiger partial charge in [-0.1, -0.05) is 13.8 Å². The van der Waals surface area contributed by atoms with Crippen molar-refractivity contribution in [3.63, 3.8) is 0 Å². The number of hydrogen-bond acceptors (Lipinski definition) is 3. The summed E-state index contributed by atoms with van der Waals surface area (Å²) in [7, 11) is 1.72. The van der Waals surface area contributed by atoms with Crippen molar-refractivity contribution >= 4 is 5.69 Å². The highest BCUT2D eigenvalue weighted by Crippen LogP contribution is 2.13. The van der Waals surface area contributed by atoms with Gasteiger partial charge < -0.3 is 9.64 Å². The molecule has 0 amide bonds. The molecule has 92 valence electrons. The Hall–Kier alpha value is -1.09. The average Bonchev–Trinajstić information content (AvgIpc) is 2.33. The maximum absolute atomic E-state index is 5.06. The van der Waals surface area contributed by atoms with Crippen molar-refractivity contribution in [2.24, 2.45) is 0 Å². The Morgan fingerprint density at radius 1 is 1.31 bits per heavy atom. The smallest absolute Gasteiger partial charge is 0.0637 e. The average molecular weight is 224 g/mol. The van der Waals surface area contributed by atoms with Crippen LogP contribution in [-0.2, 0) is 4.74 Å². The third-order valence-electron chi connectivity index (χ3n) is 2.17. The van der Waals surface area contributed by atoms with E-state index in [0.29, 0.717) is 0 Å². The molecule has 0 saturated carbocycles. The maximum atomic E-state index is 5.06.